The smallest absolute Gasteiger partial charge is 0.243 e. The summed E-state index contributed by atoms with van der Waals surface area (Å²) in [6.07, 6.45) is 0. The molecule has 2 N–H and O–H groups in total. The van der Waals surface area contributed by atoms with Crippen molar-refractivity contribution in [3.63, 3.8) is 0 Å². The molecular formula is C21H19FN2O. The molecule has 0 heterocycles. The minimum Gasteiger partial charge on any atom is -0.374 e. The van der Waals surface area contributed by atoms with Crippen LogP contribution in [-0.4, -0.2) is 12.5 Å². The minimum absolute atomic E-state index is 0.0108. The van der Waals surface area contributed by atoms with E-state index in [2.05, 4.69) is 10.6 Å². The van der Waals surface area contributed by atoms with Crippen LogP contribution in [0.2, 0.25) is 0 Å². The van der Waals surface area contributed by atoms with Crippen molar-refractivity contribution in [1.82, 2.24) is 0 Å². The van der Waals surface area contributed by atoms with Gasteiger partial charge in [0.25, 0.3) is 0 Å². The molecule has 0 saturated heterocycles. The standard InChI is InChI=1S/C21H19FN2O/c1-15-11-12-20(18(22)13-15)23-14-21(25)24-19-10-6-5-9-17(19)16-7-3-2-4-8-16/h2-13,23H,14H2,1H3,(H,24,25). The molecule has 3 nitrogen and oxygen atoms in total. The molecule has 126 valence electrons. The fraction of sp³-hybridized carbons (Fsp3) is 0.0952. The van der Waals surface area contributed by atoms with Gasteiger partial charge in [-0.3, -0.25) is 4.79 Å². The quantitative estimate of drug-likeness (QED) is 0.700. The van der Waals surface area contributed by atoms with E-state index in [1.165, 1.54) is 6.07 Å². The number of carbonyl (C=O) groups is 1. The van der Waals surface area contributed by atoms with E-state index in [4.69, 9.17) is 0 Å². The molecule has 0 unspecified atom stereocenters. The average Bonchev–Trinajstić information content (AvgIpc) is 2.62. The number of hydrogen-bond acceptors (Lipinski definition) is 2. The van der Waals surface area contributed by atoms with Crippen LogP contribution >= 0.6 is 0 Å². The van der Waals surface area contributed by atoms with E-state index < -0.39 is 0 Å². The van der Waals surface area contributed by atoms with Crippen molar-refractivity contribution in [2.45, 2.75) is 6.92 Å². The summed E-state index contributed by atoms with van der Waals surface area (Å²) in [5.74, 6) is -0.596. The number of anilines is 2. The normalized spacial score (nSPS) is 10.3. The van der Waals surface area contributed by atoms with E-state index in [1.54, 1.807) is 12.1 Å². The highest BCUT2D eigenvalue weighted by atomic mass is 19.1. The lowest BCUT2D eigenvalue weighted by atomic mass is 10.0. The number of benzene rings is 3. The third kappa shape index (κ3) is 4.23. The molecule has 3 aromatic carbocycles. The minimum atomic E-state index is -0.363. The van der Waals surface area contributed by atoms with Crippen molar-refractivity contribution in [2.24, 2.45) is 0 Å². The van der Waals surface area contributed by atoms with E-state index in [-0.39, 0.29) is 18.3 Å². The molecule has 1 amide bonds. The Hall–Kier alpha value is -3.14. The van der Waals surface area contributed by atoms with Gasteiger partial charge >= 0.3 is 0 Å². The molecule has 25 heavy (non-hydrogen) atoms. The second kappa shape index (κ2) is 7.62. The van der Waals surface area contributed by atoms with Gasteiger partial charge in [-0.15, -0.1) is 0 Å². The zero-order chi connectivity index (χ0) is 17.6. The SMILES string of the molecule is Cc1ccc(NCC(=O)Nc2ccccc2-c2ccccc2)c(F)c1. The summed E-state index contributed by atoms with van der Waals surface area (Å²) in [5, 5.41) is 5.72. The highest BCUT2D eigenvalue weighted by Crippen LogP contribution is 2.27. The van der Waals surface area contributed by atoms with Crippen molar-refractivity contribution in [3.8, 4) is 11.1 Å². The summed E-state index contributed by atoms with van der Waals surface area (Å²) in [6.45, 7) is 1.81. The predicted octanol–water partition coefficient (Wildman–Crippen LogP) is 4.85. The zero-order valence-corrected chi connectivity index (χ0v) is 13.9. The Morgan fingerprint density at radius 1 is 0.920 bits per heavy atom. The van der Waals surface area contributed by atoms with E-state index >= 15 is 0 Å². The van der Waals surface area contributed by atoms with Crippen molar-refractivity contribution < 1.29 is 9.18 Å². The number of amides is 1. The number of rotatable bonds is 5. The fourth-order valence-corrected chi connectivity index (χ4v) is 2.59. The Bertz CT molecular complexity index is 878. The number of carbonyl (C=O) groups excluding carboxylic acids is 1. The molecule has 0 aliphatic rings. The van der Waals surface area contributed by atoms with Gasteiger partial charge in [0.1, 0.15) is 5.82 Å². The predicted molar refractivity (Wildman–Crippen MR) is 100 cm³/mol. The molecule has 0 fully saturated rings. The molecule has 0 bridgehead atoms. The Balaban J connectivity index is 1.69. The van der Waals surface area contributed by atoms with Crippen molar-refractivity contribution in [1.29, 1.82) is 0 Å². The van der Waals surface area contributed by atoms with Crippen LogP contribution in [0.5, 0.6) is 0 Å². The van der Waals surface area contributed by atoms with Crippen LogP contribution in [0.25, 0.3) is 11.1 Å². The van der Waals surface area contributed by atoms with E-state index in [0.29, 0.717) is 5.69 Å². The first-order chi connectivity index (χ1) is 12.1. The lowest BCUT2D eigenvalue weighted by Gasteiger charge is -2.12. The maximum absolute atomic E-state index is 13.8. The summed E-state index contributed by atoms with van der Waals surface area (Å²) in [7, 11) is 0. The number of para-hydroxylation sites is 1. The van der Waals surface area contributed by atoms with Crippen LogP contribution in [0.1, 0.15) is 5.56 Å². The first kappa shape index (κ1) is 16.7. The highest BCUT2D eigenvalue weighted by Gasteiger charge is 2.09. The maximum Gasteiger partial charge on any atom is 0.243 e. The average molecular weight is 334 g/mol. The molecule has 3 aromatic rings. The van der Waals surface area contributed by atoms with E-state index in [0.717, 1.165) is 22.4 Å². The molecule has 3 rings (SSSR count). The van der Waals surface area contributed by atoms with Crippen molar-refractivity contribution >= 4 is 17.3 Å². The molecule has 0 spiro atoms. The van der Waals surface area contributed by atoms with Crippen LogP contribution < -0.4 is 10.6 Å². The van der Waals surface area contributed by atoms with Crippen LogP contribution in [0, 0.1) is 12.7 Å². The maximum atomic E-state index is 13.8. The molecule has 0 saturated carbocycles. The third-order valence-corrected chi connectivity index (χ3v) is 3.85. The first-order valence-electron chi connectivity index (χ1n) is 8.08. The van der Waals surface area contributed by atoms with Gasteiger partial charge in [-0.05, 0) is 36.2 Å². The summed E-state index contributed by atoms with van der Waals surface area (Å²) < 4.78 is 13.8. The monoisotopic (exact) mass is 334 g/mol. The summed E-state index contributed by atoms with van der Waals surface area (Å²) in [4.78, 5) is 12.3. The van der Waals surface area contributed by atoms with Gasteiger partial charge in [0, 0.05) is 11.3 Å². The van der Waals surface area contributed by atoms with Crippen molar-refractivity contribution in [2.75, 3.05) is 17.2 Å². The second-order valence-electron chi connectivity index (χ2n) is 5.80. The van der Waals surface area contributed by atoms with Gasteiger partial charge in [-0.2, -0.15) is 0 Å². The number of halogens is 1. The van der Waals surface area contributed by atoms with Gasteiger partial charge in [0.05, 0.1) is 12.2 Å². The largest absolute Gasteiger partial charge is 0.374 e. The van der Waals surface area contributed by atoms with Gasteiger partial charge in [-0.25, -0.2) is 4.39 Å². The fourth-order valence-electron chi connectivity index (χ4n) is 2.59. The van der Waals surface area contributed by atoms with Gasteiger partial charge in [0.2, 0.25) is 5.91 Å². The Morgan fingerprint density at radius 3 is 2.40 bits per heavy atom. The van der Waals surface area contributed by atoms with Gasteiger partial charge < -0.3 is 10.6 Å². The highest BCUT2D eigenvalue weighted by molar-refractivity contribution is 5.97. The van der Waals surface area contributed by atoms with Crippen LogP contribution in [0.4, 0.5) is 15.8 Å². The molecule has 0 radical (unpaired) electrons. The Labute approximate surface area is 146 Å². The molecule has 0 aromatic heterocycles. The first-order valence-corrected chi connectivity index (χ1v) is 8.08. The topological polar surface area (TPSA) is 41.1 Å². The Kier molecular flexibility index (Phi) is 5.09. The Morgan fingerprint density at radius 2 is 1.64 bits per heavy atom. The van der Waals surface area contributed by atoms with Crippen LogP contribution in [0.15, 0.2) is 72.8 Å². The lowest BCUT2D eigenvalue weighted by molar-refractivity contribution is -0.114. The van der Waals surface area contributed by atoms with E-state index in [1.807, 2.05) is 61.5 Å². The lowest BCUT2D eigenvalue weighted by Crippen LogP contribution is -2.22. The molecule has 0 aliphatic carbocycles. The van der Waals surface area contributed by atoms with E-state index in [9.17, 15) is 9.18 Å². The summed E-state index contributed by atoms with van der Waals surface area (Å²) in [6, 6.07) is 22.3. The second-order valence-corrected chi connectivity index (χ2v) is 5.80. The number of nitrogens with one attached hydrogen (secondary N) is 2. The van der Waals surface area contributed by atoms with Gasteiger partial charge in [0.15, 0.2) is 0 Å². The van der Waals surface area contributed by atoms with Crippen LogP contribution in [-0.2, 0) is 4.79 Å². The van der Waals surface area contributed by atoms with Crippen molar-refractivity contribution in [3.05, 3.63) is 84.2 Å². The zero-order valence-electron chi connectivity index (χ0n) is 13.9. The van der Waals surface area contributed by atoms with Gasteiger partial charge in [-0.1, -0.05) is 54.6 Å². The molecule has 0 atom stereocenters. The number of hydrogen-bond donors (Lipinski definition) is 2. The molecule has 0 aliphatic heterocycles. The third-order valence-electron chi connectivity index (χ3n) is 3.85. The summed E-state index contributed by atoms with van der Waals surface area (Å²) in [5.41, 5.74) is 3.85. The van der Waals surface area contributed by atoms with Crippen LogP contribution in [0.3, 0.4) is 0 Å². The molecular weight excluding hydrogens is 315 g/mol. The summed E-state index contributed by atoms with van der Waals surface area (Å²) >= 11 is 0. The number of aryl methyl sites for hydroxylation is 1. The molecule has 4 heteroatoms.